The van der Waals surface area contributed by atoms with Gasteiger partial charge in [0.25, 0.3) is 0 Å². The Bertz CT molecular complexity index is 204. The number of hydrogen-bond acceptors (Lipinski definition) is 2. The lowest BCUT2D eigenvalue weighted by atomic mass is 9.86. The smallest absolute Gasteiger partial charge is 0.0791 e. The van der Waals surface area contributed by atoms with Gasteiger partial charge in [-0.3, -0.25) is 0 Å². The Hall–Kier alpha value is -0.550. The van der Waals surface area contributed by atoms with Crippen LogP contribution in [0.1, 0.15) is 46.5 Å². The fourth-order valence-corrected chi connectivity index (χ4v) is 1.95. The Kier molecular flexibility index (Phi) is 2.44. The van der Waals surface area contributed by atoms with E-state index < -0.39 is 0 Å². The average molecular weight is 167 g/mol. The second kappa shape index (κ2) is 3.06. The van der Waals surface area contributed by atoms with Gasteiger partial charge in [-0.15, -0.1) is 0 Å². The van der Waals surface area contributed by atoms with Crippen LogP contribution in [0, 0.1) is 11.3 Å². The molecule has 0 amide bonds. The summed E-state index contributed by atoms with van der Waals surface area (Å²) in [7, 11) is 0. The molecule has 1 aliphatic heterocycles. The Balaban J connectivity index is 2.62. The van der Waals surface area contributed by atoms with Crippen molar-refractivity contribution < 1.29 is 4.74 Å². The zero-order chi connectivity index (χ0) is 9.24. The van der Waals surface area contributed by atoms with Crippen LogP contribution in [-0.2, 0) is 4.74 Å². The summed E-state index contributed by atoms with van der Waals surface area (Å²) in [5, 5.41) is 8.62. The lowest BCUT2D eigenvalue weighted by Gasteiger charge is -2.42. The molecule has 0 radical (unpaired) electrons. The zero-order valence-corrected chi connectivity index (χ0v) is 8.18. The molecular formula is C10H17NO. The summed E-state index contributed by atoms with van der Waals surface area (Å²) in [4.78, 5) is 0. The molecule has 1 atom stereocenters. The van der Waals surface area contributed by atoms with Crippen LogP contribution in [-0.4, -0.2) is 11.2 Å². The van der Waals surface area contributed by atoms with E-state index in [4.69, 9.17) is 10.00 Å². The molecule has 0 aromatic heterocycles. The highest BCUT2D eigenvalue weighted by molar-refractivity contribution is 4.92. The third-order valence-corrected chi connectivity index (χ3v) is 2.46. The molecule has 2 nitrogen and oxygen atoms in total. The molecule has 0 aromatic carbocycles. The number of nitrogens with zero attached hydrogens (tertiary/aromatic N) is 1. The molecular weight excluding hydrogens is 150 g/mol. The fourth-order valence-electron chi connectivity index (χ4n) is 1.95. The number of ether oxygens (including phenoxy) is 1. The van der Waals surface area contributed by atoms with E-state index in [1.807, 2.05) is 6.92 Å². The van der Waals surface area contributed by atoms with Crippen molar-refractivity contribution in [3.8, 4) is 6.07 Å². The van der Waals surface area contributed by atoms with Crippen LogP contribution in [0.3, 0.4) is 0 Å². The van der Waals surface area contributed by atoms with E-state index in [1.54, 1.807) is 0 Å². The van der Waals surface area contributed by atoms with Gasteiger partial charge in [0.15, 0.2) is 0 Å². The highest BCUT2D eigenvalue weighted by atomic mass is 16.5. The van der Waals surface area contributed by atoms with Gasteiger partial charge in [0.1, 0.15) is 0 Å². The van der Waals surface area contributed by atoms with E-state index in [-0.39, 0.29) is 11.2 Å². The Morgan fingerprint density at radius 1 is 1.33 bits per heavy atom. The van der Waals surface area contributed by atoms with Crippen molar-refractivity contribution in [3.05, 3.63) is 0 Å². The third kappa shape index (κ3) is 2.22. The van der Waals surface area contributed by atoms with E-state index in [2.05, 4.69) is 19.9 Å². The first-order valence-electron chi connectivity index (χ1n) is 4.55. The van der Waals surface area contributed by atoms with E-state index in [9.17, 15) is 0 Å². The molecule has 0 spiro atoms. The van der Waals surface area contributed by atoms with E-state index in [1.165, 1.54) is 6.42 Å². The number of rotatable bonds is 1. The summed E-state index contributed by atoms with van der Waals surface area (Å²) in [6, 6.07) is 2.19. The van der Waals surface area contributed by atoms with Crippen LogP contribution in [0.2, 0.25) is 0 Å². The molecule has 0 bridgehead atoms. The largest absolute Gasteiger partial charge is 0.368 e. The van der Waals surface area contributed by atoms with Crippen molar-refractivity contribution in [2.24, 2.45) is 0 Å². The standard InChI is InChI=1S/C10H17NO/c1-9(2)5-4-6-10(3,12-9)7-8-11/h4-7H2,1-3H3. The third-order valence-electron chi connectivity index (χ3n) is 2.46. The van der Waals surface area contributed by atoms with Gasteiger partial charge in [0.05, 0.1) is 23.7 Å². The first-order chi connectivity index (χ1) is 5.47. The monoisotopic (exact) mass is 167 g/mol. The summed E-state index contributed by atoms with van der Waals surface area (Å²) < 4.78 is 5.88. The molecule has 0 saturated carbocycles. The van der Waals surface area contributed by atoms with Gasteiger partial charge in [-0.2, -0.15) is 5.26 Å². The van der Waals surface area contributed by atoms with Crippen molar-refractivity contribution >= 4 is 0 Å². The summed E-state index contributed by atoms with van der Waals surface area (Å²) in [6.45, 7) is 6.24. The zero-order valence-electron chi connectivity index (χ0n) is 8.18. The maximum absolute atomic E-state index is 8.62. The van der Waals surface area contributed by atoms with Crippen molar-refractivity contribution in [2.45, 2.75) is 57.7 Å². The summed E-state index contributed by atoms with van der Waals surface area (Å²) in [5.41, 5.74) is -0.236. The second-order valence-corrected chi connectivity index (χ2v) is 4.50. The van der Waals surface area contributed by atoms with Gasteiger partial charge in [0, 0.05) is 0 Å². The van der Waals surface area contributed by atoms with Gasteiger partial charge < -0.3 is 4.74 Å². The van der Waals surface area contributed by atoms with Crippen LogP contribution in [0.5, 0.6) is 0 Å². The van der Waals surface area contributed by atoms with E-state index >= 15 is 0 Å². The predicted octanol–water partition coefficient (Wildman–Crippen LogP) is 2.64. The highest BCUT2D eigenvalue weighted by Crippen LogP contribution is 2.36. The van der Waals surface area contributed by atoms with Crippen LogP contribution < -0.4 is 0 Å². The molecule has 0 aliphatic carbocycles. The quantitative estimate of drug-likeness (QED) is 0.601. The van der Waals surface area contributed by atoms with E-state index in [0.717, 1.165) is 12.8 Å². The highest BCUT2D eigenvalue weighted by Gasteiger charge is 2.36. The molecule has 1 rings (SSSR count). The maximum atomic E-state index is 8.62. The average Bonchev–Trinajstić information content (AvgIpc) is 1.83. The fraction of sp³-hybridized carbons (Fsp3) is 0.900. The van der Waals surface area contributed by atoms with Gasteiger partial charge in [-0.05, 0) is 40.0 Å². The summed E-state index contributed by atoms with van der Waals surface area (Å²) >= 11 is 0. The normalized spacial score (nSPS) is 34.2. The molecule has 0 N–H and O–H groups in total. The lowest BCUT2D eigenvalue weighted by Crippen LogP contribution is -2.43. The molecule has 68 valence electrons. The molecule has 12 heavy (non-hydrogen) atoms. The first kappa shape index (κ1) is 9.54. The Morgan fingerprint density at radius 3 is 2.50 bits per heavy atom. The number of hydrogen-bond donors (Lipinski definition) is 0. The SMILES string of the molecule is CC1(C)CCCC(C)(CC#N)O1. The minimum Gasteiger partial charge on any atom is -0.368 e. The topological polar surface area (TPSA) is 33.0 Å². The summed E-state index contributed by atoms with van der Waals surface area (Å²) in [6.07, 6.45) is 3.81. The minimum absolute atomic E-state index is 0.0378. The Labute approximate surface area is 74.5 Å². The summed E-state index contributed by atoms with van der Waals surface area (Å²) in [5.74, 6) is 0. The van der Waals surface area contributed by atoms with Crippen molar-refractivity contribution in [1.82, 2.24) is 0 Å². The van der Waals surface area contributed by atoms with Crippen LogP contribution in [0.15, 0.2) is 0 Å². The molecule has 1 saturated heterocycles. The van der Waals surface area contributed by atoms with Crippen molar-refractivity contribution in [3.63, 3.8) is 0 Å². The molecule has 0 aromatic rings. The van der Waals surface area contributed by atoms with Crippen molar-refractivity contribution in [1.29, 1.82) is 5.26 Å². The molecule has 2 heteroatoms. The number of nitriles is 1. The lowest BCUT2D eigenvalue weighted by molar-refractivity contribution is -0.162. The van der Waals surface area contributed by atoms with Crippen molar-refractivity contribution in [2.75, 3.05) is 0 Å². The molecule has 1 heterocycles. The minimum atomic E-state index is -0.198. The van der Waals surface area contributed by atoms with Gasteiger partial charge in [0.2, 0.25) is 0 Å². The maximum Gasteiger partial charge on any atom is 0.0791 e. The van der Waals surface area contributed by atoms with Gasteiger partial charge >= 0.3 is 0 Å². The van der Waals surface area contributed by atoms with Crippen LogP contribution in [0.4, 0.5) is 0 Å². The first-order valence-corrected chi connectivity index (χ1v) is 4.55. The van der Waals surface area contributed by atoms with E-state index in [0.29, 0.717) is 6.42 Å². The molecule has 1 unspecified atom stereocenters. The molecule has 1 aliphatic rings. The van der Waals surface area contributed by atoms with Gasteiger partial charge in [-0.25, -0.2) is 0 Å². The Morgan fingerprint density at radius 2 is 2.00 bits per heavy atom. The van der Waals surface area contributed by atoms with Crippen LogP contribution >= 0.6 is 0 Å². The molecule has 1 fully saturated rings. The second-order valence-electron chi connectivity index (χ2n) is 4.50. The van der Waals surface area contributed by atoms with Gasteiger partial charge in [-0.1, -0.05) is 0 Å². The van der Waals surface area contributed by atoms with Crippen LogP contribution in [0.25, 0.3) is 0 Å². The predicted molar refractivity (Wildman–Crippen MR) is 47.7 cm³/mol.